The van der Waals surface area contributed by atoms with E-state index >= 15 is 0 Å². The van der Waals surface area contributed by atoms with Crippen LogP contribution in [0.25, 0.3) is 0 Å². The Balaban J connectivity index is 1.78. The summed E-state index contributed by atoms with van der Waals surface area (Å²) >= 11 is 2.29. The van der Waals surface area contributed by atoms with E-state index in [4.69, 9.17) is 0 Å². The third kappa shape index (κ3) is 2.55. The van der Waals surface area contributed by atoms with E-state index in [1.54, 1.807) is 0 Å². The van der Waals surface area contributed by atoms with Crippen molar-refractivity contribution in [1.82, 2.24) is 19.6 Å². The van der Waals surface area contributed by atoms with Crippen molar-refractivity contribution in [2.24, 2.45) is 13.0 Å². The van der Waals surface area contributed by atoms with Gasteiger partial charge in [0.25, 0.3) is 0 Å². The molecule has 4 nitrogen and oxygen atoms in total. The van der Waals surface area contributed by atoms with Crippen LogP contribution >= 0.6 is 22.6 Å². The number of aryl methyl sites for hydroxylation is 2. The topological polar surface area (TPSA) is 35.6 Å². The van der Waals surface area contributed by atoms with E-state index in [0.29, 0.717) is 0 Å². The zero-order valence-electron chi connectivity index (χ0n) is 10.6. The molecule has 1 aliphatic rings. The Hall–Kier alpha value is -0.980. The van der Waals surface area contributed by atoms with E-state index in [9.17, 15) is 0 Å². The van der Waals surface area contributed by atoms with E-state index < -0.39 is 0 Å². The Kier molecular flexibility index (Phi) is 3.09. The van der Waals surface area contributed by atoms with E-state index in [1.165, 1.54) is 17.5 Å². The van der Waals surface area contributed by atoms with Gasteiger partial charge < -0.3 is 0 Å². The fourth-order valence-electron chi connectivity index (χ4n) is 2.15. The largest absolute Gasteiger partial charge is 0.274 e. The second-order valence-corrected chi connectivity index (χ2v) is 6.01. The zero-order valence-corrected chi connectivity index (χ0v) is 12.8. The third-order valence-electron chi connectivity index (χ3n) is 3.27. The minimum absolute atomic E-state index is 0.746. The number of rotatable bonds is 4. The van der Waals surface area contributed by atoms with E-state index in [0.717, 1.165) is 28.3 Å². The first-order valence-corrected chi connectivity index (χ1v) is 7.24. The van der Waals surface area contributed by atoms with Crippen molar-refractivity contribution >= 4 is 22.6 Å². The van der Waals surface area contributed by atoms with Crippen LogP contribution in [0.5, 0.6) is 0 Å². The quantitative estimate of drug-likeness (QED) is 0.624. The van der Waals surface area contributed by atoms with Crippen LogP contribution in [0.3, 0.4) is 0 Å². The van der Waals surface area contributed by atoms with Gasteiger partial charge in [0.1, 0.15) is 10.1 Å². The summed E-state index contributed by atoms with van der Waals surface area (Å²) in [6.07, 6.45) is 8.78. The second-order valence-electron chi connectivity index (χ2n) is 4.99. The highest BCUT2D eigenvalue weighted by molar-refractivity contribution is 14.1. The fraction of sp³-hybridized carbons (Fsp3) is 0.462. The van der Waals surface area contributed by atoms with Gasteiger partial charge in [-0.25, -0.2) is 0 Å². The molecule has 1 saturated carbocycles. The third-order valence-corrected chi connectivity index (χ3v) is 4.18. The molecule has 1 unspecified atom stereocenters. The van der Waals surface area contributed by atoms with Crippen LogP contribution in [0.2, 0.25) is 0 Å². The second kappa shape index (κ2) is 4.60. The highest BCUT2D eigenvalue weighted by atomic mass is 127. The van der Waals surface area contributed by atoms with Crippen molar-refractivity contribution in [2.75, 3.05) is 0 Å². The standard InChI is InChI=1S/C13H16IN4/c1-9-11(5-12-7-17(2)16-13(12)14)8-18(15-9)6-10-3-4-10/h3,7-8,10H,4-6H2,1-2H3/q+1. The molecule has 2 aromatic heterocycles. The number of aromatic nitrogens is 4. The Bertz CT molecular complexity index is 566. The lowest BCUT2D eigenvalue weighted by Gasteiger charge is -1.95. The zero-order chi connectivity index (χ0) is 12.7. The Morgan fingerprint density at radius 3 is 2.78 bits per heavy atom. The maximum absolute atomic E-state index is 4.59. The Morgan fingerprint density at radius 1 is 1.39 bits per heavy atom. The molecule has 1 fully saturated rings. The molecule has 2 aromatic rings. The molecule has 1 atom stereocenters. The number of hydrogen-bond donors (Lipinski definition) is 0. The van der Waals surface area contributed by atoms with Gasteiger partial charge in [0.05, 0.1) is 18.7 Å². The van der Waals surface area contributed by atoms with Crippen molar-refractivity contribution < 1.29 is 0 Å². The Labute approximate surface area is 121 Å². The minimum Gasteiger partial charge on any atom is -0.274 e. The first-order valence-electron chi connectivity index (χ1n) is 6.16. The van der Waals surface area contributed by atoms with Crippen molar-refractivity contribution in [3.8, 4) is 0 Å². The van der Waals surface area contributed by atoms with Gasteiger partial charge >= 0.3 is 0 Å². The SMILES string of the molecule is Cc1nn(CC2[CH+]C2)cc1Cc1cn(C)nc1I. The average Bonchev–Trinajstić information content (AvgIpc) is 2.95. The predicted molar refractivity (Wildman–Crippen MR) is 78.1 cm³/mol. The summed E-state index contributed by atoms with van der Waals surface area (Å²) in [6, 6.07) is 0. The minimum atomic E-state index is 0.746. The van der Waals surface area contributed by atoms with Crippen LogP contribution in [0.4, 0.5) is 0 Å². The number of hydrogen-bond acceptors (Lipinski definition) is 2. The molecule has 2 heterocycles. The number of halogens is 1. The van der Waals surface area contributed by atoms with E-state index in [-0.39, 0.29) is 0 Å². The Morgan fingerprint density at radius 2 is 2.17 bits per heavy atom. The highest BCUT2D eigenvalue weighted by Crippen LogP contribution is 2.29. The van der Waals surface area contributed by atoms with Gasteiger partial charge in [-0.3, -0.25) is 9.36 Å². The van der Waals surface area contributed by atoms with Gasteiger partial charge in [0.15, 0.2) is 5.92 Å². The number of nitrogens with zero attached hydrogens (tertiary/aromatic N) is 4. The molecule has 0 aromatic carbocycles. The van der Waals surface area contributed by atoms with Crippen LogP contribution in [-0.2, 0) is 20.0 Å². The molecule has 5 heteroatoms. The molecule has 0 amide bonds. The lowest BCUT2D eigenvalue weighted by atomic mass is 10.1. The van der Waals surface area contributed by atoms with Crippen molar-refractivity contribution in [3.05, 3.63) is 39.3 Å². The lowest BCUT2D eigenvalue weighted by molar-refractivity contribution is 0.570. The van der Waals surface area contributed by atoms with Gasteiger partial charge in [0, 0.05) is 31.4 Å². The van der Waals surface area contributed by atoms with E-state index in [1.807, 2.05) is 11.7 Å². The van der Waals surface area contributed by atoms with Crippen molar-refractivity contribution in [1.29, 1.82) is 0 Å². The van der Waals surface area contributed by atoms with Crippen molar-refractivity contribution in [2.45, 2.75) is 26.3 Å². The highest BCUT2D eigenvalue weighted by Gasteiger charge is 2.35. The molecular formula is C13H16IN4+. The van der Waals surface area contributed by atoms with Crippen LogP contribution in [0, 0.1) is 23.0 Å². The molecule has 0 bridgehead atoms. The fourth-order valence-corrected chi connectivity index (χ4v) is 2.82. The van der Waals surface area contributed by atoms with Gasteiger partial charge in [-0.05, 0) is 35.1 Å². The molecule has 0 saturated heterocycles. The van der Waals surface area contributed by atoms with Crippen LogP contribution < -0.4 is 0 Å². The molecule has 0 N–H and O–H groups in total. The summed E-state index contributed by atoms with van der Waals surface area (Å²) in [4.78, 5) is 0. The summed E-state index contributed by atoms with van der Waals surface area (Å²) in [7, 11) is 1.96. The molecule has 3 rings (SSSR count). The summed E-state index contributed by atoms with van der Waals surface area (Å²) in [5.41, 5.74) is 3.72. The van der Waals surface area contributed by atoms with Crippen LogP contribution in [0.1, 0.15) is 23.2 Å². The molecule has 0 spiro atoms. The van der Waals surface area contributed by atoms with Gasteiger partial charge in [0.2, 0.25) is 0 Å². The van der Waals surface area contributed by atoms with Crippen LogP contribution in [-0.4, -0.2) is 19.6 Å². The van der Waals surface area contributed by atoms with Gasteiger partial charge in [-0.15, -0.1) is 0 Å². The average molecular weight is 355 g/mol. The van der Waals surface area contributed by atoms with Gasteiger partial charge in [-0.1, -0.05) is 0 Å². The molecule has 94 valence electrons. The summed E-state index contributed by atoms with van der Waals surface area (Å²) in [5, 5.41) is 8.96. The smallest absolute Gasteiger partial charge is 0.157 e. The van der Waals surface area contributed by atoms with Gasteiger partial charge in [-0.2, -0.15) is 10.2 Å². The molecule has 0 aliphatic heterocycles. The summed E-state index contributed by atoms with van der Waals surface area (Å²) in [5.74, 6) is 0.746. The molecule has 0 radical (unpaired) electrons. The monoisotopic (exact) mass is 355 g/mol. The molecule has 1 aliphatic carbocycles. The van der Waals surface area contributed by atoms with Crippen molar-refractivity contribution in [3.63, 3.8) is 0 Å². The first-order chi connectivity index (χ1) is 8.61. The maximum Gasteiger partial charge on any atom is 0.157 e. The maximum atomic E-state index is 4.59. The summed E-state index contributed by atoms with van der Waals surface area (Å²) in [6.45, 7) is 3.12. The normalized spacial score (nSPS) is 17.8. The summed E-state index contributed by atoms with van der Waals surface area (Å²) < 4.78 is 5.04. The predicted octanol–water partition coefficient (Wildman–Crippen LogP) is 2.34. The van der Waals surface area contributed by atoms with Crippen LogP contribution in [0.15, 0.2) is 12.4 Å². The molecular weight excluding hydrogens is 339 g/mol. The molecule has 18 heavy (non-hydrogen) atoms. The lowest BCUT2D eigenvalue weighted by Crippen LogP contribution is -1.99. The van der Waals surface area contributed by atoms with E-state index in [2.05, 4.69) is 63.2 Å². The first kappa shape index (κ1) is 12.1.